The Kier molecular flexibility index (Phi) is 5.43. The molecular weight excluding hydrogens is 366 g/mol. The molecule has 1 saturated carbocycles. The molecule has 1 aliphatic carbocycles. The van der Waals surface area contributed by atoms with Crippen molar-refractivity contribution < 1.29 is 9.59 Å². The first-order chi connectivity index (χ1) is 14.1. The lowest BCUT2D eigenvalue weighted by Gasteiger charge is -2.25. The number of anilines is 1. The van der Waals surface area contributed by atoms with Gasteiger partial charge in [-0.2, -0.15) is 5.10 Å². The van der Waals surface area contributed by atoms with E-state index in [0.717, 1.165) is 28.9 Å². The van der Waals surface area contributed by atoms with Gasteiger partial charge in [-0.3, -0.25) is 19.7 Å². The number of hydrogen-bond acceptors (Lipinski definition) is 4. The standard InChI is InChI=1S/C22H23N5O2/c1-2-4-22(29)27-10-3-5-17(14-27)18-9-6-15(13-23-18)11-21(28)24-20-12-19(25-26-20)16-7-8-16/h5-6,9,12-13,16H,3,7-8,10-11,14H2,1H3,(H2,24,25,26,28). The highest BCUT2D eigenvalue weighted by Crippen LogP contribution is 2.39. The van der Waals surface area contributed by atoms with Crippen LogP contribution in [0.3, 0.4) is 0 Å². The van der Waals surface area contributed by atoms with Gasteiger partial charge in [0.2, 0.25) is 5.91 Å². The van der Waals surface area contributed by atoms with Crippen molar-refractivity contribution in [3.05, 3.63) is 47.4 Å². The van der Waals surface area contributed by atoms with Gasteiger partial charge in [-0.15, -0.1) is 0 Å². The Labute approximate surface area is 169 Å². The maximum atomic E-state index is 12.3. The highest BCUT2D eigenvalue weighted by Gasteiger charge is 2.25. The molecule has 2 N–H and O–H groups in total. The van der Waals surface area contributed by atoms with Crippen molar-refractivity contribution in [1.82, 2.24) is 20.1 Å². The van der Waals surface area contributed by atoms with Crippen molar-refractivity contribution in [2.75, 3.05) is 18.4 Å². The van der Waals surface area contributed by atoms with Crippen molar-refractivity contribution in [2.24, 2.45) is 0 Å². The van der Waals surface area contributed by atoms with Crippen LogP contribution >= 0.6 is 0 Å². The molecule has 0 bridgehead atoms. The molecule has 29 heavy (non-hydrogen) atoms. The average molecular weight is 389 g/mol. The van der Waals surface area contributed by atoms with E-state index in [1.165, 1.54) is 12.8 Å². The summed E-state index contributed by atoms with van der Waals surface area (Å²) in [5.74, 6) is 6.09. The van der Waals surface area contributed by atoms with E-state index >= 15 is 0 Å². The van der Waals surface area contributed by atoms with E-state index in [1.807, 2.05) is 18.2 Å². The first kappa shape index (κ1) is 18.9. The Morgan fingerprint density at radius 1 is 1.34 bits per heavy atom. The molecule has 3 heterocycles. The van der Waals surface area contributed by atoms with Crippen LogP contribution in [0.4, 0.5) is 5.82 Å². The molecule has 7 heteroatoms. The van der Waals surface area contributed by atoms with Gasteiger partial charge in [0.1, 0.15) is 0 Å². The summed E-state index contributed by atoms with van der Waals surface area (Å²) in [6.07, 6.45) is 7.19. The van der Waals surface area contributed by atoms with Crippen LogP contribution < -0.4 is 5.32 Å². The van der Waals surface area contributed by atoms with E-state index in [2.05, 4.69) is 38.4 Å². The van der Waals surface area contributed by atoms with Crippen LogP contribution in [0.15, 0.2) is 30.5 Å². The minimum atomic E-state index is -0.158. The molecule has 2 aliphatic rings. The molecule has 4 rings (SSSR count). The molecule has 7 nitrogen and oxygen atoms in total. The number of rotatable bonds is 5. The van der Waals surface area contributed by atoms with Crippen LogP contribution in [-0.2, 0) is 16.0 Å². The average Bonchev–Trinajstić information content (AvgIpc) is 3.48. The highest BCUT2D eigenvalue weighted by molar-refractivity contribution is 5.94. The van der Waals surface area contributed by atoms with Crippen molar-refractivity contribution in [1.29, 1.82) is 0 Å². The van der Waals surface area contributed by atoms with Crippen LogP contribution in [0.25, 0.3) is 5.57 Å². The summed E-state index contributed by atoms with van der Waals surface area (Å²) in [6.45, 7) is 2.83. The zero-order valence-corrected chi connectivity index (χ0v) is 16.4. The molecular formula is C22H23N5O2. The zero-order valence-electron chi connectivity index (χ0n) is 16.4. The number of hydrogen-bond donors (Lipinski definition) is 2. The van der Waals surface area contributed by atoms with Gasteiger partial charge in [0.25, 0.3) is 5.91 Å². The molecule has 2 aromatic rings. The van der Waals surface area contributed by atoms with Gasteiger partial charge >= 0.3 is 0 Å². The molecule has 0 spiro atoms. The van der Waals surface area contributed by atoms with Crippen LogP contribution in [0.1, 0.15) is 49.1 Å². The lowest BCUT2D eigenvalue weighted by Crippen LogP contribution is -2.34. The topological polar surface area (TPSA) is 91.0 Å². The minimum Gasteiger partial charge on any atom is -0.327 e. The molecule has 2 amide bonds. The first-order valence-electron chi connectivity index (χ1n) is 9.83. The number of aromatic nitrogens is 3. The van der Waals surface area contributed by atoms with Gasteiger partial charge in [-0.25, -0.2) is 0 Å². The first-order valence-corrected chi connectivity index (χ1v) is 9.83. The van der Waals surface area contributed by atoms with Gasteiger partial charge in [-0.05, 0) is 49.3 Å². The van der Waals surface area contributed by atoms with Crippen molar-refractivity contribution in [3.63, 3.8) is 0 Å². The van der Waals surface area contributed by atoms with Crippen LogP contribution in [0, 0.1) is 11.8 Å². The number of H-pyrrole nitrogens is 1. The van der Waals surface area contributed by atoms with Gasteiger partial charge in [0.05, 0.1) is 12.1 Å². The van der Waals surface area contributed by atoms with Crippen LogP contribution in [0.2, 0.25) is 0 Å². The number of carbonyl (C=O) groups is 2. The Hall–Kier alpha value is -3.40. The second-order valence-electron chi connectivity index (χ2n) is 7.38. The third-order valence-corrected chi connectivity index (χ3v) is 5.07. The number of carbonyl (C=O) groups excluding carboxylic acids is 2. The molecule has 1 fully saturated rings. The van der Waals surface area contributed by atoms with Crippen molar-refractivity contribution in [3.8, 4) is 11.8 Å². The van der Waals surface area contributed by atoms with Crippen LogP contribution in [0.5, 0.6) is 0 Å². The second kappa shape index (κ2) is 8.31. The summed E-state index contributed by atoms with van der Waals surface area (Å²) in [4.78, 5) is 30.5. The Morgan fingerprint density at radius 3 is 2.93 bits per heavy atom. The van der Waals surface area contributed by atoms with E-state index in [9.17, 15) is 9.59 Å². The summed E-state index contributed by atoms with van der Waals surface area (Å²) in [5, 5.41) is 9.95. The highest BCUT2D eigenvalue weighted by atomic mass is 16.2. The van der Waals surface area contributed by atoms with Gasteiger partial charge < -0.3 is 10.2 Å². The third-order valence-electron chi connectivity index (χ3n) is 5.07. The van der Waals surface area contributed by atoms with Crippen LogP contribution in [-0.4, -0.2) is 45.0 Å². The largest absolute Gasteiger partial charge is 0.327 e. The molecule has 0 radical (unpaired) electrons. The Balaban J connectivity index is 1.34. The normalized spacial score (nSPS) is 15.9. The van der Waals surface area contributed by atoms with E-state index in [4.69, 9.17) is 0 Å². The summed E-state index contributed by atoms with van der Waals surface area (Å²) in [5.41, 5.74) is 3.73. The summed E-state index contributed by atoms with van der Waals surface area (Å²) in [7, 11) is 0. The van der Waals surface area contributed by atoms with E-state index < -0.39 is 0 Å². The van der Waals surface area contributed by atoms with Crippen molar-refractivity contribution >= 4 is 23.2 Å². The molecule has 0 unspecified atom stereocenters. The predicted octanol–water partition coefficient (Wildman–Crippen LogP) is 2.50. The van der Waals surface area contributed by atoms with E-state index in [-0.39, 0.29) is 18.2 Å². The SMILES string of the molecule is CC#CC(=O)N1CCC=C(c2ccc(CC(=O)Nc3cc(C4CC4)[nH]n3)cn2)C1. The monoisotopic (exact) mass is 389 g/mol. The number of aromatic amines is 1. The fraction of sp³-hybridized carbons (Fsp3) is 0.364. The van der Waals surface area contributed by atoms with Crippen molar-refractivity contribution in [2.45, 2.75) is 38.5 Å². The fourth-order valence-electron chi connectivity index (χ4n) is 3.38. The smallest absolute Gasteiger partial charge is 0.298 e. The maximum Gasteiger partial charge on any atom is 0.298 e. The van der Waals surface area contributed by atoms with Gasteiger partial charge in [-0.1, -0.05) is 18.1 Å². The summed E-state index contributed by atoms with van der Waals surface area (Å²) >= 11 is 0. The number of nitrogens with zero attached hydrogens (tertiary/aromatic N) is 3. The quantitative estimate of drug-likeness (QED) is 0.769. The maximum absolute atomic E-state index is 12.3. The molecule has 2 aromatic heterocycles. The summed E-state index contributed by atoms with van der Waals surface area (Å²) in [6, 6.07) is 5.70. The van der Waals surface area contributed by atoms with Gasteiger partial charge in [0.15, 0.2) is 5.82 Å². The molecule has 1 aliphatic heterocycles. The Bertz CT molecular complexity index is 1010. The predicted molar refractivity (Wildman–Crippen MR) is 110 cm³/mol. The number of nitrogens with one attached hydrogen (secondary N) is 2. The fourth-order valence-corrected chi connectivity index (χ4v) is 3.38. The van der Waals surface area contributed by atoms with Gasteiger partial charge in [0, 0.05) is 37.0 Å². The molecule has 0 saturated heterocycles. The zero-order chi connectivity index (χ0) is 20.2. The Morgan fingerprint density at radius 2 is 2.21 bits per heavy atom. The summed E-state index contributed by atoms with van der Waals surface area (Å²) < 4.78 is 0. The molecule has 0 atom stereocenters. The molecule has 148 valence electrons. The second-order valence-corrected chi connectivity index (χ2v) is 7.38. The van der Waals surface area contributed by atoms with E-state index in [1.54, 1.807) is 18.0 Å². The molecule has 0 aromatic carbocycles. The lowest BCUT2D eigenvalue weighted by molar-refractivity contribution is -0.124. The third kappa shape index (κ3) is 4.72. The number of pyridine rings is 1. The minimum absolute atomic E-state index is 0.125. The van der Waals surface area contributed by atoms with E-state index in [0.29, 0.717) is 24.8 Å². The lowest BCUT2D eigenvalue weighted by atomic mass is 10.0. The number of amides is 2.